The van der Waals surface area contributed by atoms with Crippen LogP contribution in [0.1, 0.15) is 52.4 Å². The van der Waals surface area contributed by atoms with Crippen molar-refractivity contribution in [2.24, 2.45) is 0 Å². The van der Waals surface area contributed by atoms with Gasteiger partial charge in [0.1, 0.15) is 17.7 Å². The van der Waals surface area contributed by atoms with Crippen molar-refractivity contribution in [2.75, 3.05) is 6.54 Å². The average molecular weight is 456 g/mol. The standard InChI is InChI=1S/C29H26FNO3/c1-18(22-11-6-8-19-7-2-3-9-23(19)22)31-17-21-16-25(24-10-4-5-12-28(24)34-21)20-13-14-27(30)26(15-20)29(32)33/h2-15,18,21,25,31H,16-17H2,1H3,(H,32,33)/t18?,21-,25+/m0/s1. The normalized spacial score (nSPS) is 18.2. The first-order valence-electron chi connectivity index (χ1n) is 11.5. The Kier molecular flexibility index (Phi) is 6.03. The molecule has 34 heavy (non-hydrogen) atoms. The van der Waals surface area contributed by atoms with Crippen molar-refractivity contribution < 1.29 is 19.0 Å². The number of nitrogens with one attached hydrogen (secondary N) is 1. The fourth-order valence-electron chi connectivity index (χ4n) is 4.90. The van der Waals surface area contributed by atoms with E-state index in [0.717, 1.165) is 16.9 Å². The van der Waals surface area contributed by atoms with Gasteiger partial charge in [0.15, 0.2) is 0 Å². The van der Waals surface area contributed by atoms with E-state index in [1.807, 2.05) is 30.3 Å². The zero-order chi connectivity index (χ0) is 23.7. The SMILES string of the molecule is CC(NC[C@@H]1C[C@H](c2ccc(F)c(C(=O)O)c2)c2ccccc2O1)c1cccc2ccccc12. The lowest BCUT2D eigenvalue weighted by atomic mass is 9.83. The summed E-state index contributed by atoms with van der Waals surface area (Å²) in [5, 5.41) is 15.5. The first-order chi connectivity index (χ1) is 16.5. The fraction of sp³-hybridized carbons (Fsp3) is 0.207. The number of carbonyl (C=O) groups is 1. The Hall–Kier alpha value is -3.70. The van der Waals surface area contributed by atoms with E-state index in [-0.39, 0.29) is 23.6 Å². The molecule has 4 nitrogen and oxygen atoms in total. The predicted octanol–water partition coefficient (Wildman–Crippen LogP) is 6.31. The van der Waals surface area contributed by atoms with Crippen LogP contribution in [0, 0.1) is 5.82 Å². The van der Waals surface area contributed by atoms with E-state index in [1.165, 1.54) is 28.5 Å². The van der Waals surface area contributed by atoms with Crippen LogP contribution in [0.25, 0.3) is 10.8 Å². The van der Waals surface area contributed by atoms with Gasteiger partial charge in [-0.25, -0.2) is 9.18 Å². The van der Waals surface area contributed by atoms with E-state index in [9.17, 15) is 14.3 Å². The van der Waals surface area contributed by atoms with Crippen LogP contribution in [0.2, 0.25) is 0 Å². The second-order valence-corrected chi connectivity index (χ2v) is 8.81. The highest BCUT2D eigenvalue weighted by Gasteiger charge is 2.30. The summed E-state index contributed by atoms with van der Waals surface area (Å²) in [7, 11) is 0. The van der Waals surface area contributed by atoms with Gasteiger partial charge in [0.25, 0.3) is 0 Å². The average Bonchev–Trinajstić information content (AvgIpc) is 2.86. The van der Waals surface area contributed by atoms with E-state index in [4.69, 9.17) is 4.74 Å². The smallest absolute Gasteiger partial charge is 0.338 e. The molecule has 2 N–H and O–H groups in total. The third kappa shape index (κ3) is 4.27. The van der Waals surface area contributed by atoms with Gasteiger partial charge in [-0.1, -0.05) is 66.7 Å². The molecule has 0 saturated heterocycles. The van der Waals surface area contributed by atoms with Gasteiger partial charge in [-0.2, -0.15) is 0 Å². The van der Waals surface area contributed by atoms with Gasteiger partial charge >= 0.3 is 5.97 Å². The molecule has 0 amide bonds. The van der Waals surface area contributed by atoms with Crippen LogP contribution in [0.5, 0.6) is 5.75 Å². The molecule has 172 valence electrons. The van der Waals surface area contributed by atoms with Crippen molar-refractivity contribution in [3.8, 4) is 5.75 Å². The number of carboxylic acids is 1. The summed E-state index contributed by atoms with van der Waals surface area (Å²) in [5.41, 5.74) is 2.70. The number of halogens is 1. The molecule has 1 aliphatic rings. The monoisotopic (exact) mass is 455 g/mol. The van der Waals surface area contributed by atoms with Crippen molar-refractivity contribution in [2.45, 2.75) is 31.4 Å². The van der Waals surface area contributed by atoms with Crippen LogP contribution in [0.4, 0.5) is 4.39 Å². The third-order valence-corrected chi connectivity index (χ3v) is 6.65. The maximum atomic E-state index is 14.0. The van der Waals surface area contributed by atoms with Crippen molar-refractivity contribution in [1.29, 1.82) is 0 Å². The van der Waals surface area contributed by atoms with E-state index in [1.54, 1.807) is 6.07 Å². The molecule has 5 heteroatoms. The lowest BCUT2D eigenvalue weighted by Gasteiger charge is -2.33. The van der Waals surface area contributed by atoms with Crippen LogP contribution in [-0.4, -0.2) is 23.7 Å². The van der Waals surface area contributed by atoms with Crippen molar-refractivity contribution in [3.63, 3.8) is 0 Å². The zero-order valence-electron chi connectivity index (χ0n) is 18.9. The summed E-state index contributed by atoms with van der Waals surface area (Å²) in [6.07, 6.45) is 0.549. The molecule has 4 aromatic rings. The minimum absolute atomic E-state index is 0.0803. The van der Waals surface area contributed by atoms with Gasteiger partial charge in [0.2, 0.25) is 0 Å². The molecule has 1 unspecified atom stereocenters. The van der Waals surface area contributed by atoms with Crippen LogP contribution >= 0.6 is 0 Å². The van der Waals surface area contributed by atoms with E-state index < -0.39 is 11.8 Å². The molecule has 3 atom stereocenters. The van der Waals surface area contributed by atoms with Crippen LogP contribution < -0.4 is 10.1 Å². The molecule has 4 aromatic carbocycles. The van der Waals surface area contributed by atoms with E-state index in [2.05, 4.69) is 48.6 Å². The first kappa shape index (κ1) is 22.1. The number of hydrogen-bond acceptors (Lipinski definition) is 3. The Labute approximate surface area is 198 Å². The molecule has 0 aliphatic carbocycles. The fourth-order valence-corrected chi connectivity index (χ4v) is 4.90. The van der Waals surface area contributed by atoms with Gasteiger partial charge < -0.3 is 15.2 Å². The second-order valence-electron chi connectivity index (χ2n) is 8.81. The van der Waals surface area contributed by atoms with E-state index >= 15 is 0 Å². The number of aromatic carboxylic acids is 1. The number of ether oxygens (including phenoxy) is 1. The quantitative estimate of drug-likeness (QED) is 0.358. The predicted molar refractivity (Wildman–Crippen MR) is 131 cm³/mol. The van der Waals surface area contributed by atoms with Crippen molar-refractivity contribution in [1.82, 2.24) is 5.32 Å². The maximum Gasteiger partial charge on any atom is 0.338 e. The Morgan fingerprint density at radius 2 is 1.82 bits per heavy atom. The Bertz CT molecular complexity index is 1350. The summed E-state index contributed by atoms with van der Waals surface area (Å²) in [6.45, 7) is 2.78. The molecule has 0 radical (unpaired) electrons. The van der Waals surface area contributed by atoms with Gasteiger partial charge in [0, 0.05) is 24.1 Å². The van der Waals surface area contributed by atoms with Crippen molar-refractivity contribution in [3.05, 3.63) is 113 Å². The summed E-state index contributed by atoms with van der Waals surface area (Å²) in [6, 6.07) is 27.0. The zero-order valence-corrected chi connectivity index (χ0v) is 18.9. The molecule has 1 heterocycles. The second kappa shape index (κ2) is 9.27. The van der Waals surface area contributed by atoms with Crippen LogP contribution in [0.3, 0.4) is 0 Å². The molecule has 0 saturated carbocycles. The van der Waals surface area contributed by atoms with Crippen LogP contribution in [-0.2, 0) is 0 Å². The highest BCUT2D eigenvalue weighted by molar-refractivity contribution is 5.88. The van der Waals surface area contributed by atoms with Gasteiger partial charge in [-0.05, 0) is 53.4 Å². The van der Waals surface area contributed by atoms with Crippen LogP contribution in [0.15, 0.2) is 84.9 Å². The highest BCUT2D eigenvalue weighted by Crippen LogP contribution is 2.40. The molecule has 0 spiro atoms. The molecule has 5 rings (SSSR count). The number of para-hydroxylation sites is 1. The maximum absolute atomic E-state index is 14.0. The lowest BCUT2D eigenvalue weighted by molar-refractivity contribution is 0.0691. The number of fused-ring (bicyclic) bond motifs is 2. The third-order valence-electron chi connectivity index (χ3n) is 6.65. The lowest BCUT2D eigenvalue weighted by Crippen LogP contribution is -2.37. The largest absolute Gasteiger partial charge is 0.489 e. The molecule has 0 fully saturated rings. The highest BCUT2D eigenvalue weighted by atomic mass is 19.1. The summed E-state index contributed by atoms with van der Waals surface area (Å²) >= 11 is 0. The number of hydrogen-bond donors (Lipinski definition) is 2. The van der Waals surface area contributed by atoms with Gasteiger partial charge in [-0.3, -0.25) is 0 Å². The summed E-state index contributed by atoms with van der Waals surface area (Å²) in [4.78, 5) is 11.5. The number of rotatable bonds is 6. The van der Waals surface area contributed by atoms with Gasteiger partial charge in [-0.15, -0.1) is 0 Å². The minimum atomic E-state index is -1.26. The molecular formula is C29H26FNO3. The number of benzene rings is 4. The molecule has 0 aromatic heterocycles. The summed E-state index contributed by atoms with van der Waals surface area (Å²) < 4.78 is 20.3. The molecular weight excluding hydrogens is 429 g/mol. The van der Waals surface area contributed by atoms with E-state index in [0.29, 0.717) is 13.0 Å². The Balaban J connectivity index is 1.39. The Morgan fingerprint density at radius 3 is 2.68 bits per heavy atom. The Morgan fingerprint density at radius 1 is 1.06 bits per heavy atom. The van der Waals surface area contributed by atoms with Crippen molar-refractivity contribution >= 4 is 16.7 Å². The number of carboxylic acid groups (broad SMARTS) is 1. The van der Waals surface area contributed by atoms with Gasteiger partial charge in [0.05, 0.1) is 5.56 Å². The molecule has 1 aliphatic heterocycles. The first-order valence-corrected chi connectivity index (χ1v) is 11.5. The molecule has 0 bridgehead atoms. The minimum Gasteiger partial charge on any atom is -0.489 e. The summed E-state index contributed by atoms with van der Waals surface area (Å²) in [5.74, 6) is -1.28. The topological polar surface area (TPSA) is 58.6 Å².